The topological polar surface area (TPSA) is 50.3 Å². The third-order valence-electron chi connectivity index (χ3n) is 3.05. The lowest BCUT2D eigenvalue weighted by atomic mass is 10.2. The quantitative estimate of drug-likeness (QED) is 0.824. The molecule has 0 N–H and O–H groups in total. The van der Waals surface area contributed by atoms with E-state index in [1.54, 1.807) is 31.6 Å². The minimum Gasteiger partial charge on any atom is -0.250 e. The number of halogens is 1. The van der Waals surface area contributed by atoms with Gasteiger partial charge in [-0.05, 0) is 31.5 Å². The van der Waals surface area contributed by atoms with Gasteiger partial charge in [0.1, 0.15) is 0 Å². The molecule has 0 bridgehead atoms. The van der Waals surface area contributed by atoms with Crippen LogP contribution in [0.15, 0.2) is 33.1 Å². The van der Waals surface area contributed by atoms with Crippen molar-refractivity contribution in [1.82, 2.24) is 9.29 Å². The van der Waals surface area contributed by atoms with Crippen molar-refractivity contribution < 1.29 is 8.42 Å². The first kappa shape index (κ1) is 15.6. The monoisotopic (exact) mass is 374 g/mol. The van der Waals surface area contributed by atoms with E-state index < -0.39 is 10.0 Å². The Hall–Kier alpha value is -0.760. The molecular formula is C13H15BrN2O2S2. The molecule has 0 saturated carbocycles. The highest BCUT2D eigenvalue weighted by Gasteiger charge is 2.24. The average molecular weight is 375 g/mol. The van der Waals surface area contributed by atoms with Crippen LogP contribution in [0.3, 0.4) is 0 Å². The fraction of sp³-hybridized carbons (Fsp3) is 0.308. The van der Waals surface area contributed by atoms with Gasteiger partial charge in [0.15, 0.2) is 0 Å². The van der Waals surface area contributed by atoms with Crippen LogP contribution in [0.5, 0.6) is 0 Å². The number of benzene rings is 1. The van der Waals surface area contributed by atoms with E-state index >= 15 is 0 Å². The molecule has 0 aliphatic carbocycles. The first-order chi connectivity index (χ1) is 9.32. The molecule has 0 unspecified atom stereocenters. The number of aromatic nitrogens is 1. The summed E-state index contributed by atoms with van der Waals surface area (Å²) in [5.74, 6) is 0. The number of hydrogen-bond donors (Lipinski definition) is 0. The van der Waals surface area contributed by atoms with Crippen molar-refractivity contribution >= 4 is 37.3 Å². The molecule has 0 atom stereocenters. The number of hydrogen-bond acceptors (Lipinski definition) is 4. The van der Waals surface area contributed by atoms with Crippen molar-refractivity contribution in [2.75, 3.05) is 7.05 Å². The van der Waals surface area contributed by atoms with Crippen LogP contribution in [-0.2, 0) is 16.6 Å². The van der Waals surface area contributed by atoms with Gasteiger partial charge in [0.25, 0.3) is 0 Å². The number of nitrogens with zero attached hydrogens (tertiary/aromatic N) is 2. The third-order valence-corrected chi connectivity index (χ3v) is 6.41. The highest BCUT2D eigenvalue weighted by atomic mass is 79.9. The standard InChI is InChI=1S/C13H15BrN2O2S2/c1-9-4-5-11(14)6-13(9)20(17,18)16(3)7-12-10(2)15-8-19-12/h4-6,8H,7H2,1-3H3. The smallest absolute Gasteiger partial charge is 0.243 e. The summed E-state index contributed by atoms with van der Waals surface area (Å²) < 4.78 is 27.4. The fourth-order valence-corrected chi connectivity index (χ4v) is 4.59. The van der Waals surface area contributed by atoms with Gasteiger partial charge < -0.3 is 0 Å². The predicted molar refractivity (Wildman–Crippen MR) is 84.4 cm³/mol. The van der Waals surface area contributed by atoms with E-state index in [1.807, 2.05) is 13.0 Å². The Labute approximate surface area is 131 Å². The zero-order valence-electron chi connectivity index (χ0n) is 11.4. The molecule has 0 aliphatic heterocycles. The van der Waals surface area contributed by atoms with E-state index in [9.17, 15) is 8.42 Å². The van der Waals surface area contributed by atoms with Crippen molar-refractivity contribution in [1.29, 1.82) is 0 Å². The van der Waals surface area contributed by atoms with Gasteiger partial charge in [0, 0.05) is 22.9 Å². The summed E-state index contributed by atoms with van der Waals surface area (Å²) in [7, 11) is -1.91. The predicted octanol–water partition coefficient (Wildman–Crippen LogP) is 3.34. The molecule has 2 aromatic rings. The molecule has 0 aliphatic rings. The molecule has 0 saturated heterocycles. The maximum Gasteiger partial charge on any atom is 0.243 e. The molecule has 1 aromatic heterocycles. The van der Waals surface area contributed by atoms with Gasteiger partial charge in [-0.3, -0.25) is 0 Å². The minimum atomic E-state index is -3.50. The van der Waals surface area contributed by atoms with Gasteiger partial charge in [0.05, 0.1) is 16.1 Å². The SMILES string of the molecule is Cc1ccc(Br)cc1S(=O)(=O)N(C)Cc1scnc1C. The molecule has 0 amide bonds. The van der Waals surface area contributed by atoms with Crippen LogP contribution in [0, 0.1) is 13.8 Å². The lowest BCUT2D eigenvalue weighted by molar-refractivity contribution is 0.468. The molecule has 2 rings (SSSR count). The number of rotatable bonds is 4. The summed E-state index contributed by atoms with van der Waals surface area (Å²) in [5, 5.41) is 0. The summed E-state index contributed by atoms with van der Waals surface area (Å²) in [6.45, 7) is 4.02. The fourth-order valence-electron chi connectivity index (χ4n) is 1.78. The minimum absolute atomic E-state index is 0.330. The Kier molecular flexibility index (Phi) is 4.63. The molecule has 108 valence electrons. The summed E-state index contributed by atoms with van der Waals surface area (Å²) in [4.78, 5) is 5.44. The number of aryl methyl sites for hydroxylation is 2. The Morgan fingerprint density at radius 1 is 1.35 bits per heavy atom. The lowest BCUT2D eigenvalue weighted by Crippen LogP contribution is -2.27. The summed E-state index contributed by atoms with van der Waals surface area (Å²) >= 11 is 4.79. The number of thiazole rings is 1. The Morgan fingerprint density at radius 2 is 2.05 bits per heavy atom. The van der Waals surface area contributed by atoms with Gasteiger partial charge in [-0.1, -0.05) is 22.0 Å². The Balaban J connectivity index is 2.35. The average Bonchev–Trinajstić information content (AvgIpc) is 2.78. The molecule has 7 heteroatoms. The van der Waals surface area contributed by atoms with Crippen LogP contribution < -0.4 is 0 Å². The largest absolute Gasteiger partial charge is 0.250 e. The lowest BCUT2D eigenvalue weighted by Gasteiger charge is -2.18. The van der Waals surface area contributed by atoms with Gasteiger partial charge in [-0.2, -0.15) is 4.31 Å². The second-order valence-corrected chi connectivity index (χ2v) is 8.40. The van der Waals surface area contributed by atoms with Gasteiger partial charge in [-0.15, -0.1) is 11.3 Å². The first-order valence-electron chi connectivity index (χ1n) is 5.94. The highest BCUT2D eigenvalue weighted by Crippen LogP contribution is 2.25. The summed E-state index contributed by atoms with van der Waals surface area (Å²) in [6, 6.07) is 5.27. The molecule has 0 spiro atoms. The van der Waals surface area contributed by atoms with Crippen molar-refractivity contribution in [2.24, 2.45) is 0 Å². The first-order valence-corrected chi connectivity index (χ1v) is 9.05. The molecular weight excluding hydrogens is 360 g/mol. The van der Waals surface area contributed by atoms with E-state index in [2.05, 4.69) is 20.9 Å². The van der Waals surface area contributed by atoms with Crippen molar-refractivity contribution in [3.05, 3.63) is 44.3 Å². The third kappa shape index (κ3) is 3.11. The Morgan fingerprint density at radius 3 is 2.65 bits per heavy atom. The van der Waals surface area contributed by atoms with E-state index in [4.69, 9.17) is 0 Å². The van der Waals surface area contributed by atoms with Crippen LogP contribution in [0.1, 0.15) is 16.1 Å². The van der Waals surface area contributed by atoms with E-state index in [-0.39, 0.29) is 0 Å². The molecule has 0 radical (unpaired) electrons. The van der Waals surface area contributed by atoms with Crippen LogP contribution in [0.4, 0.5) is 0 Å². The van der Waals surface area contributed by atoms with Crippen molar-refractivity contribution in [3.63, 3.8) is 0 Å². The zero-order valence-corrected chi connectivity index (χ0v) is 14.6. The van der Waals surface area contributed by atoms with Crippen LogP contribution >= 0.6 is 27.3 Å². The Bertz CT molecular complexity index is 726. The second-order valence-electron chi connectivity index (χ2n) is 4.53. The molecule has 1 heterocycles. The van der Waals surface area contributed by atoms with E-state index in [0.717, 1.165) is 20.6 Å². The van der Waals surface area contributed by atoms with Gasteiger partial charge in [-0.25, -0.2) is 13.4 Å². The van der Waals surface area contributed by atoms with Crippen molar-refractivity contribution in [2.45, 2.75) is 25.3 Å². The van der Waals surface area contributed by atoms with Crippen LogP contribution in [0.2, 0.25) is 0 Å². The summed E-state index contributed by atoms with van der Waals surface area (Å²) in [6.07, 6.45) is 0. The van der Waals surface area contributed by atoms with E-state index in [0.29, 0.717) is 11.4 Å². The van der Waals surface area contributed by atoms with E-state index in [1.165, 1.54) is 15.6 Å². The van der Waals surface area contributed by atoms with Crippen LogP contribution in [-0.4, -0.2) is 24.8 Å². The van der Waals surface area contributed by atoms with Gasteiger partial charge in [0.2, 0.25) is 10.0 Å². The maximum absolute atomic E-state index is 12.6. The normalized spacial score (nSPS) is 12.1. The summed E-state index contributed by atoms with van der Waals surface area (Å²) in [5.41, 5.74) is 3.35. The molecule has 4 nitrogen and oxygen atoms in total. The zero-order chi connectivity index (χ0) is 14.9. The highest BCUT2D eigenvalue weighted by molar-refractivity contribution is 9.10. The maximum atomic E-state index is 12.6. The molecule has 0 fully saturated rings. The molecule has 1 aromatic carbocycles. The second kappa shape index (κ2) is 5.93. The van der Waals surface area contributed by atoms with Crippen LogP contribution in [0.25, 0.3) is 0 Å². The van der Waals surface area contributed by atoms with Gasteiger partial charge >= 0.3 is 0 Å². The van der Waals surface area contributed by atoms with Crippen molar-refractivity contribution in [3.8, 4) is 0 Å². The molecule has 20 heavy (non-hydrogen) atoms. The number of sulfonamides is 1.